The average molecular weight is 295 g/mol. The maximum Gasteiger partial charge on any atom is 0.586 e. The van der Waals surface area contributed by atoms with E-state index >= 15 is 0 Å². The van der Waals surface area contributed by atoms with E-state index in [4.69, 9.17) is 0 Å². The number of fused-ring (bicyclic) bond motifs is 1. The molecule has 0 radical (unpaired) electrons. The Hall–Kier alpha value is -2.70. The number of phenolic OH excluding ortho intramolecular Hbond substituents is 2. The molecule has 1 aliphatic rings. The van der Waals surface area contributed by atoms with Crippen molar-refractivity contribution in [1.29, 1.82) is 0 Å². The van der Waals surface area contributed by atoms with Crippen molar-refractivity contribution in [2.45, 2.75) is 12.8 Å². The topological polar surface area (TPSA) is 71.0 Å². The van der Waals surface area contributed by atoms with Crippen molar-refractivity contribution in [2.75, 3.05) is 5.32 Å². The molecule has 0 unspecified atom stereocenters. The predicted octanol–water partition coefficient (Wildman–Crippen LogP) is 3.03. The summed E-state index contributed by atoms with van der Waals surface area (Å²) >= 11 is 0. The van der Waals surface area contributed by atoms with Gasteiger partial charge in [-0.1, -0.05) is 12.1 Å². The summed E-state index contributed by atoms with van der Waals surface area (Å²) in [4.78, 5) is 0. The van der Waals surface area contributed by atoms with Crippen LogP contribution in [0.1, 0.15) is 5.56 Å². The molecule has 1 aliphatic heterocycles. The van der Waals surface area contributed by atoms with Crippen molar-refractivity contribution < 1.29 is 28.5 Å². The second-order valence-electron chi connectivity index (χ2n) is 4.47. The molecule has 110 valence electrons. The fourth-order valence-electron chi connectivity index (χ4n) is 1.98. The first kappa shape index (κ1) is 13.3. The Morgan fingerprint density at radius 2 is 1.81 bits per heavy atom. The lowest BCUT2D eigenvalue weighted by molar-refractivity contribution is -0.286. The Morgan fingerprint density at radius 1 is 1.05 bits per heavy atom. The van der Waals surface area contributed by atoms with Crippen LogP contribution < -0.4 is 14.8 Å². The van der Waals surface area contributed by atoms with Crippen molar-refractivity contribution >= 4 is 5.69 Å². The van der Waals surface area contributed by atoms with Crippen molar-refractivity contribution in [3.8, 4) is 23.0 Å². The Bertz CT molecular complexity index is 691. The second-order valence-corrected chi connectivity index (χ2v) is 4.47. The van der Waals surface area contributed by atoms with E-state index in [0.29, 0.717) is 11.3 Å². The molecule has 0 atom stereocenters. The second kappa shape index (κ2) is 4.69. The number of hydrogen-bond acceptors (Lipinski definition) is 5. The van der Waals surface area contributed by atoms with Gasteiger partial charge in [0.25, 0.3) is 0 Å². The number of para-hydroxylation sites is 1. The van der Waals surface area contributed by atoms with Crippen LogP contribution in [0.5, 0.6) is 23.0 Å². The number of rotatable bonds is 3. The molecule has 3 rings (SSSR count). The highest BCUT2D eigenvalue weighted by atomic mass is 19.3. The van der Waals surface area contributed by atoms with Crippen molar-refractivity contribution in [3.05, 3.63) is 42.0 Å². The number of halogens is 2. The Balaban J connectivity index is 1.74. The summed E-state index contributed by atoms with van der Waals surface area (Å²) in [7, 11) is 0. The number of benzene rings is 2. The first-order valence-corrected chi connectivity index (χ1v) is 6.08. The van der Waals surface area contributed by atoms with E-state index < -0.39 is 6.29 Å². The van der Waals surface area contributed by atoms with Crippen molar-refractivity contribution in [1.82, 2.24) is 0 Å². The van der Waals surface area contributed by atoms with E-state index in [1.165, 1.54) is 18.2 Å². The number of phenols is 2. The van der Waals surface area contributed by atoms with Crippen LogP contribution in [0.15, 0.2) is 36.4 Å². The van der Waals surface area contributed by atoms with Gasteiger partial charge in [0, 0.05) is 23.9 Å². The zero-order valence-corrected chi connectivity index (χ0v) is 10.6. The van der Waals surface area contributed by atoms with E-state index in [2.05, 4.69) is 14.8 Å². The first-order valence-electron chi connectivity index (χ1n) is 6.08. The highest BCUT2D eigenvalue weighted by Crippen LogP contribution is 2.42. The minimum Gasteiger partial charge on any atom is -0.504 e. The van der Waals surface area contributed by atoms with Crippen LogP contribution in [-0.2, 0) is 6.54 Å². The predicted molar refractivity (Wildman–Crippen MR) is 69.7 cm³/mol. The molecule has 0 aliphatic carbocycles. The third kappa shape index (κ3) is 2.62. The monoisotopic (exact) mass is 295 g/mol. The molecule has 2 aromatic carbocycles. The summed E-state index contributed by atoms with van der Waals surface area (Å²) in [6.45, 7) is 0.205. The number of anilines is 1. The summed E-state index contributed by atoms with van der Waals surface area (Å²) in [5.74, 6) is -0.548. The summed E-state index contributed by atoms with van der Waals surface area (Å²) in [5, 5.41) is 22.0. The van der Waals surface area contributed by atoms with Gasteiger partial charge >= 0.3 is 6.29 Å². The number of hydrogen-bond donors (Lipinski definition) is 3. The summed E-state index contributed by atoms with van der Waals surface area (Å²) in [5.41, 5.74) is 0.982. The Morgan fingerprint density at radius 3 is 2.62 bits per heavy atom. The molecule has 7 heteroatoms. The standard InChI is InChI=1S/C14H11F2NO4/c15-14(16)20-11-5-4-9(6-12(11)21-14)17-7-8-2-1-3-10(18)13(8)19/h1-6,17-19H,7H2. The van der Waals surface area contributed by atoms with Gasteiger partial charge in [0.1, 0.15) is 0 Å². The maximum atomic E-state index is 12.9. The minimum atomic E-state index is -3.65. The van der Waals surface area contributed by atoms with Crippen LogP contribution in [0, 0.1) is 0 Å². The van der Waals surface area contributed by atoms with Gasteiger partial charge in [-0.25, -0.2) is 0 Å². The third-order valence-corrected chi connectivity index (χ3v) is 2.98. The van der Waals surface area contributed by atoms with Crippen molar-refractivity contribution in [2.24, 2.45) is 0 Å². The van der Waals surface area contributed by atoms with E-state index in [0.717, 1.165) is 0 Å². The number of alkyl halides is 2. The minimum absolute atomic E-state index is 0.0363. The van der Waals surface area contributed by atoms with Crippen LogP contribution >= 0.6 is 0 Å². The molecule has 0 saturated carbocycles. The van der Waals surface area contributed by atoms with Gasteiger partial charge in [-0.3, -0.25) is 0 Å². The maximum absolute atomic E-state index is 12.9. The SMILES string of the molecule is Oc1cccc(CNc2ccc3c(c2)OC(F)(F)O3)c1O. The van der Waals surface area contributed by atoms with Gasteiger partial charge < -0.3 is 25.0 Å². The molecule has 0 saturated heterocycles. The molecule has 1 heterocycles. The normalized spacial score (nSPS) is 15.0. The summed E-state index contributed by atoms with van der Waals surface area (Å²) in [6, 6.07) is 8.86. The van der Waals surface area contributed by atoms with Gasteiger partial charge in [0.2, 0.25) is 0 Å². The fourth-order valence-corrected chi connectivity index (χ4v) is 1.98. The molecule has 21 heavy (non-hydrogen) atoms. The van der Waals surface area contributed by atoms with E-state index in [1.807, 2.05) is 0 Å². The summed E-state index contributed by atoms with van der Waals surface area (Å²) in [6.07, 6.45) is -3.65. The Kier molecular flexibility index (Phi) is 2.97. The van der Waals surface area contributed by atoms with Crippen LogP contribution in [0.3, 0.4) is 0 Å². The lowest BCUT2D eigenvalue weighted by atomic mass is 10.2. The fraction of sp³-hybridized carbons (Fsp3) is 0.143. The quantitative estimate of drug-likeness (QED) is 0.759. The molecular weight excluding hydrogens is 284 g/mol. The molecule has 0 spiro atoms. The lowest BCUT2D eigenvalue weighted by Gasteiger charge is -2.09. The van der Waals surface area contributed by atoms with Gasteiger partial charge in [0.05, 0.1) is 0 Å². The molecule has 0 aromatic heterocycles. The molecule has 3 N–H and O–H groups in total. The van der Waals surface area contributed by atoms with E-state index in [-0.39, 0.29) is 29.5 Å². The van der Waals surface area contributed by atoms with Gasteiger partial charge in [0.15, 0.2) is 23.0 Å². The molecule has 2 aromatic rings. The molecule has 5 nitrogen and oxygen atoms in total. The summed E-state index contributed by atoms with van der Waals surface area (Å²) < 4.78 is 34.4. The average Bonchev–Trinajstić information content (AvgIpc) is 2.73. The third-order valence-electron chi connectivity index (χ3n) is 2.98. The van der Waals surface area contributed by atoms with Gasteiger partial charge in [-0.15, -0.1) is 8.78 Å². The van der Waals surface area contributed by atoms with Gasteiger partial charge in [-0.05, 0) is 18.2 Å². The van der Waals surface area contributed by atoms with Crippen LogP contribution in [0.25, 0.3) is 0 Å². The number of ether oxygens (including phenoxy) is 2. The zero-order chi connectivity index (χ0) is 15.0. The number of nitrogens with one attached hydrogen (secondary N) is 1. The molecule has 0 fully saturated rings. The molecule has 0 bridgehead atoms. The zero-order valence-electron chi connectivity index (χ0n) is 10.6. The highest BCUT2D eigenvalue weighted by Gasteiger charge is 2.43. The smallest absolute Gasteiger partial charge is 0.504 e. The largest absolute Gasteiger partial charge is 0.586 e. The van der Waals surface area contributed by atoms with Crippen LogP contribution in [0.2, 0.25) is 0 Å². The molecular formula is C14H11F2NO4. The highest BCUT2D eigenvalue weighted by molar-refractivity contribution is 5.56. The number of aromatic hydroxyl groups is 2. The van der Waals surface area contributed by atoms with Crippen LogP contribution in [-0.4, -0.2) is 16.5 Å². The van der Waals surface area contributed by atoms with Gasteiger partial charge in [-0.2, -0.15) is 0 Å². The molecule has 0 amide bonds. The van der Waals surface area contributed by atoms with E-state index in [1.54, 1.807) is 18.2 Å². The Labute approximate surface area is 118 Å². The first-order chi connectivity index (χ1) is 9.94. The lowest BCUT2D eigenvalue weighted by Crippen LogP contribution is -2.25. The van der Waals surface area contributed by atoms with Crippen molar-refractivity contribution in [3.63, 3.8) is 0 Å². The van der Waals surface area contributed by atoms with E-state index in [9.17, 15) is 19.0 Å². The van der Waals surface area contributed by atoms with Crippen LogP contribution in [0.4, 0.5) is 14.5 Å².